The Kier molecular flexibility index (Phi) is 14.4. The lowest BCUT2D eigenvalue weighted by Gasteiger charge is -2.51. The highest BCUT2D eigenvalue weighted by atomic mass is 32.2. The van der Waals surface area contributed by atoms with Gasteiger partial charge in [-0.2, -0.15) is 8.61 Å². The summed E-state index contributed by atoms with van der Waals surface area (Å²) in [5.74, 6) is -1.03. The lowest BCUT2D eigenvalue weighted by Crippen LogP contribution is -2.60. The van der Waals surface area contributed by atoms with E-state index in [1.54, 1.807) is 69.3 Å². The van der Waals surface area contributed by atoms with Gasteiger partial charge in [0, 0.05) is 38.1 Å². The first-order valence-electron chi connectivity index (χ1n) is 20.1. The fourth-order valence-corrected chi connectivity index (χ4v) is 11.3. The van der Waals surface area contributed by atoms with Crippen LogP contribution >= 0.6 is 0 Å². The highest BCUT2D eigenvalue weighted by Crippen LogP contribution is 2.48. The molecule has 4 aromatic rings. The van der Waals surface area contributed by atoms with Crippen molar-refractivity contribution in [2.45, 2.75) is 86.9 Å². The van der Waals surface area contributed by atoms with Crippen molar-refractivity contribution >= 4 is 31.9 Å². The third-order valence-electron chi connectivity index (χ3n) is 10.6. The molecule has 0 aromatic heterocycles. The second kappa shape index (κ2) is 19.3. The van der Waals surface area contributed by atoms with E-state index in [9.17, 15) is 26.4 Å². The zero-order chi connectivity index (χ0) is 42.2. The van der Waals surface area contributed by atoms with Gasteiger partial charge < -0.3 is 19.5 Å². The summed E-state index contributed by atoms with van der Waals surface area (Å²) in [6.07, 6.45) is 0.910. The summed E-state index contributed by atoms with van der Waals surface area (Å²) in [5.41, 5.74) is 2.73. The topological polar surface area (TPSA) is 149 Å². The number of ketones is 1. The fraction of sp³-hybridized carbons (Fsp3) is 0.422. The molecule has 2 aliphatic rings. The molecule has 4 atom stereocenters. The predicted molar refractivity (Wildman–Crippen MR) is 225 cm³/mol. The molecule has 0 radical (unpaired) electrons. The number of Topliss-reactive ketones (excluding diaryl/α,β-unsaturated/α-hetero) is 1. The maximum absolute atomic E-state index is 15.0. The van der Waals surface area contributed by atoms with E-state index in [-0.39, 0.29) is 35.0 Å². The Bertz CT molecular complexity index is 2230. The summed E-state index contributed by atoms with van der Waals surface area (Å²) < 4.78 is 78.0. The molecule has 2 aliphatic heterocycles. The van der Waals surface area contributed by atoms with E-state index in [1.165, 1.54) is 8.61 Å². The molecular formula is C45H55N3O9S2. The summed E-state index contributed by atoms with van der Waals surface area (Å²) in [4.78, 5) is 26.1. The number of benzene rings is 4. The van der Waals surface area contributed by atoms with Gasteiger partial charge in [-0.1, -0.05) is 90.5 Å². The summed E-state index contributed by atoms with van der Waals surface area (Å²) >= 11 is 0. The largest absolute Gasteiger partial charge is 0.444 e. The van der Waals surface area contributed by atoms with Crippen LogP contribution in [0.25, 0.3) is 0 Å². The normalized spacial score (nSPS) is 20.5. The highest BCUT2D eigenvalue weighted by Gasteiger charge is 2.54. The van der Waals surface area contributed by atoms with Crippen LogP contribution in [0.3, 0.4) is 0 Å². The molecule has 2 heterocycles. The molecule has 59 heavy (non-hydrogen) atoms. The van der Waals surface area contributed by atoms with Crippen molar-refractivity contribution in [3.63, 3.8) is 0 Å². The summed E-state index contributed by atoms with van der Waals surface area (Å²) in [5, 5.41) is 2.64. The second-order valence-corrected chi connectivity index (χ2v) is 19.8. The average molecular weight is 846 g/mol. The minimum atomic E-state index is -4.20. The molecule has 2 saturated heterocycles. The quantitative estimate of drug-likeness (QED) is 0.118. The molecule has 2 fully saturated rings. The highest BCUT2D eigenvalue weighted by molar-refractivity contribution is 7.89. The van der Waals surface area contributed by atoms with Gasteiger partial charge in [-0.05, 0) is 87.9 Å². The minimum Gasteiger partial charge on any atom is -0.444 e. The number of carbonyl (C=O) groups is 2. The van der Waals surface area contributed by atoms with Gasteiger partial charge in [-0.3, -0.25) is 4.79 Å². The molecule has 14 heteroatoms. The number of ether oxygens (including phenoxy) is 3. The number of sulfonamides is 2. The third kappa shape index (κ3) is 11.0. The van der Waals surface area contributed by atoms with Crippen LogP contribution in [-0.4, -0.2) is 88.5 Å². The van der Waals surface area contributed by atoms with Gasteiger partial charge >= 0.3 is 6.09 Å². The number of fused-ring (bicyclic) bond motifs is 1. The molecule has 0 unspecified atom stereocenters. The Hall–Kier alpha value is -4.44. The van der Waals surface area contributed by atoms with Crippen LogP contribution in [0.1, 0.15) is 74.4 Å². The average Bonchev–Trinajstić information content (AvgIpc) is 3.21. The Balaban J connectivity index is 1.15. The van der Waals surface area contributed by atoms with E-state index in [2.05, 4.69) is 5.32 Å². The Morgan fingerprint density at radius 3 is 1.90 bits per heavy atom. The van der Waals surface area contributed by atoms with Crippen LogP contribution in [-0.2, 0) is 45.5 Å². The molecule has 4 aromatic carbocycles. The van der Waals surface area contributed by atoms with Gasteiger partial charge in [0.05, 0.1) is 41.7 Å². The number of alkyl carbamates (subject to hydrolysis) is 1. The molecule has 0 spiro atoms. The number of amides is 1. The standard InChI is InChI=1S/C45H55N3O9S2/c1-33-17-21-37(22-18-33)58(51,52)47-32-39-42(30-40(47)35-13-7-5-8-14-35)48(41(31-43(39)49)36-15-9-6-10-16-36)59(53,54)38-23-19-34(20-24-38)12-11-26-55-28-29-56-27-25-46-44(50)57-45(2,3)4/h5-10,13-24,39-42H,11-12,25-32H2,1-4H3,(H,46,50)/t39-,40+,41+,42+/m1/s1. The molecule has 316 valence electrons. The van der Waals surface area contributed by atoms with Crippen molar-refractivity contribution in [3.05, 3.63) is 131 Å². The van der Waals surface area contributed by atoms with Gasteiger partial charge in [0.2, 0.25) is 20.0 Å². The zero-order valence-corrected chi connectivity index (χ0v) is 35.8. The molecule has 12 nitrogen and oxygen atoms in total. The van der Waals surface area contributed by atoms with Gasteiger partial charge in [-0.25, -0.2) is 21.6 Å². The molecule has 0 aliphatic carbocycles. The van der Waals surface area contributed by atoms with Crippen molar-refractivity contribution in [2.24, 2.45) is 5.92 Å². The molecule has 0 bridgehead atoms. The number of carbonyl (C=O) groups excluding carboxylic acids is 2. The van der Waals surface area contributed by atoms with Crippen LogP contribution in [0.5, 0.6) is 0 Å². The number of rotatable bonds is 16. The Morgan fingerprint density at radius 1 is 0.729 bits per heavy atom. The first kappa shape index (κ1) is 44.1. The predicted octanol–water partition coefficient (Wildman–Crippen LogP) is 7.01. The molecule has 1 N–H and O–H groups in total. The van der Waals surface area contributed by atoms with Gasteiger partial charge in [-0.15, -0.1) is 0 Å². The molecular weight excluding hydrogens is 791 g/mol. The number of hydrogen-bond donors (Lipinski definition) is 1. The lowest BCUT2D eigenvalue weighted by molar-refractivity contribution is -0.132. The summed E-state index contributed by atoms with van der Waals surface area (Å²) in [6.45, 7) is 9.07. The van der Waals surface area contributed by atoms with Gasteiger partial charge in [0.25, 0.3) is 0 Å². The Labute approximate surface area is 349 Å². The zero-order valence-electron chi connectivity index (χ0n) is 34.2. The van der Waals surface area contributed by atoms with Crippen molar-refractivity contribution in [2.75, 3.05) is 39.5 Å². The van der Waals surface area contributed by atoms with Crippen LogP contribution < -0.4 is 5.32 Å². The van der Waals surface area contributed by atoms with Crippen molar-refractivity contribution < 1.29 is 40.6 Å². The van der Waals surface area contributed by atoms with Crippen molar-refractivity contribution in [1.29, 1.82) is 0 Å². The molecule has 6 rings (SSSR count). The minimum absolute atomic E-state index is 0.0784. The second-order valence-electron chi connectivity index (χ2n) is 16.1. The first-order valence-corrected chi connectivity index (χ1v) is 23.0. The van der Waals surface area contributed by atoms with E-state index < -0.39 is 55.8 Å². The number of piperidine rings is 2. The SMILES string of the molecule is Cc1ccc(S(=O)(=O)N2C[C@H]3C(=O)C[C@@H](c4ccccc4)N(S(=O)(=O)c4ccc(CCCOCCOCCNC(=O)OC(C)(C)C)cc4)[C@H]3C[C@H]2c2ccccc2)cc1. The molecule has 0 saturated carbocycles. The van der Waals surface area contributed by atoms with E-state index in [4.69, 9.17) is 14.2 Å². The molecule has 1 amide bonds. The van der Waals surface area contributed by atoms with E-state index in [0.717, 1.165) is 16.7 Å². The summed E-state index contributed by atoms with van der Waals surface area (Å²) in [7, 11) is -8.27. The Morgan fingerprint density at radius 2 is 1.29 bits per heavy atom. The van der Waals surface area contributed by atoms with Crippen LogP contribution in [0.15, 0.2) is 119 Å². The number of hydrogen-bond acceptors (Lipinski definition) is 9. The van der Waals surface area contributed by atoms with E-state index >= 15 is 0 Å². The lowest BCUT2D eigenvalue weighted by atomic mass is 9.77. The van der Waals surface area contributed by atoms with Crippen LogP contribution in [0.2, 0.25) is 0 Å². The monoisotopic (exact) mass is 845 g/mol. The first-order chi connectivity index (χ1) is 28.1. The smallest absolute Gasteiger partial charge is 0.407 e. The maximum Gasteiger partial charge on any atom is 0.407 e. The van der Waals surface area contributed by atoms with E-state index in [1.807, 2.05) is 67.6 Å². The van der Waals surface area contributed by atoms with Gasteiger partial charge in [0.1, 0.15) is 11.4 Å². The van der Waals surface area contributed by atoms with Gasteiger partial charge in [0.15, 0.2) is 0 Å². The number of nitrogens with zero attached hydrogens (tertiary/aromatic N) is 2. The van der Waals surface area contributed by atoms with Crippen molar-refractivity contribution in [1.82, 2.24) is 13.9 Å². The van der Waals surface area contributed by atoms with E-state index in [0.29, 0.717) is 51.4 Å². The summed E-state index contributed by atoms with van der Waals surface area (Å²) in [6, 6.07) is 29.6. The number of aryl methyl sites for hydroxylation is 2. The van der Waals surface area contributed by atoms with Crippen LogP contribution in [0, 0.1) is 12.8 Å². The maximum atomic E-state index is 15.0. The van der Waals surface area contributed by atoms with Crippen molar-refractivity contribution in [3.8, 4) is 0 Å². The van der Waals surface area contributed by atoms with Crippen LogP contribution in [0.4, 0.5) is 4.79 Å². The number of nitrogens with one attached hydrogen (secondary N) is 1. The fourth-order valence-electron chi connectivity index (χ4n) is 7.78. The third-order valence-corrected chi connectivity index (χ3v) is 14.5.